The van der Waals surface area contributed by atoms with E-state index < -0.39 is 0 Å². The molecule has 0 radical (unpaired) electrons. The Morgan fingerprint density at radius 2 is 1.81 bits per heavy atom. The van der Waals surface area contributed by atoms with Gasteiger partial charge in [0, 0.05) is 6.04 Å². The molecule has 7 heteroatoms. The van der Waals surface area contributed by atoms with Crippen LogP contribution in [0.15, 0.2) is 59.8 Å². The number of rotatable bonds is 8. The third-order valence-corrected chi connectivity index (χ3v) is 6.40. The number of aromatic nitrogens is 3. The predicted octanol–water partition coefficient (Wildman–Crippen LogP) is 4.70. The highest BCUT2D eigenvalue weighted by Gasteiger charge is 2.19. The molecule has 0 atom stereocenters. The van der Waals surface area contributed by atoms with Gasteiger partial charge in [0.2, 0.25) is 5.91 Å². The second kappa shape index (κ2) is 10.5. The minimum Gasteiger partial charge on any atom is -0.486 e. The van der Waals surface area contributed by atoms with Gasteiger partial charge in [0.05, 0.1) is 11.4 Å². The second-order valence-electron chi connectivity index (χ2n) is 7.81. The van der Waals surface area contributed by atoms with E-state index in [1.807, 2.05) is 53.1 Å². The van der Waals surface area contributed by atoms with Crippen LogP contribution in [0.1, 0.15) is 43.5 Å². The van der Waals surface area contributed by atoms with Crippen LogP contribution < -0.4 is 10.1 Å². The lowest BCUT2D eigenvalue weighted by Crippen LogP contribution is -2.37. The summed E-state index contributed by atoms with van der Waals surface area (Å²) in [5.74, 6) is 1.86. The SMILES string of the molecule is Cc1ccccc1-n1c(COc2ccccc2)nnc1SCC(=O)NC1CCCCC1. The smallest absolute Gasteiger partial charge is 0.230 e. The van der Waals surface area contributed by atoms with E-state index >= 15 is 0 Å². The summed E-state index contributed by atoms with van der Waals surface area (Å²) >= 11 is 1.41. The van der Waals surface area contributed by atoms with E-state index in [0.29, 0.717) is 29.4 Å². The van der Waals surface area contributed by atoms with Gasteiger partial charge >= 0.3 is 0 Å². The van der Waals surface area contributed by atoms with Gasteiger partial charge in [-0.2, -0.15) is 0 Å². The fourth-order valence-electron chi connectivity index (χ4n) is 3.85. The zero-order chi connectivity index (χ0) is 21.5. The van der Waals surface area contributed by atoms with E-state index in [-0.39, 0.29) is 5.91 Å². The molecule has 0 unspecified atom stereocenters. The van der Waals surface area contributed by atoms with E-state index in [1.54, 1.807) is 0 Å². The van der Waals surface area contributed by atoms with E-state index in [9.17, 15) is 4.79 Å². The number of nitrogens with one attached hydrogen (secondary N) is 1. The van der Waals surface area contributed by atoms with E-state index in [4.69, 9.17) is 4.74 Å². The first-order valence-electron chi connectivity index (χ1n) is 10.8. The van der Waals surface area contributed by atoms with Gasteiger partial charge in [0.1, 0.15) is 12.4 Å². The Morgan fingerprint density at radius 1 is 1.06 bits per heavy atom. The van der Waals surface area contributed by atoms with Crippen LogP contribution in [0.4, 0.5) is 0 Å². The molecule has 4 rings (SSSR count). The minimum atomic E-state index is 0.0540. The summed E-state index contributed by atoms with van der Waals surface area (Å²) in [5, 5.41) is 12.6. The highest BCUT2D eigenvalue weighted by Crippen LogP contribution is 2.25. The molecular formula is C24H28N4O2S. The molecule has 6 nitrogen and oxygen atoms in total. The van der Waals surface area contributed by atoms with Crippen LogP contribution in [0, 0.1) is 6.92 Å². The number of amides is 1. The van der Waals surface area contributed by atoms with E-state index in [2.05, 4.69) is 28.5 Å². The Balaban J connectivity index is 1.49. The Morgan fingerprint density at radius 3 is 2.58 bits per heavy atom. The highest BCUT2D eigenvalue weighted by molar-refractivity contribution is 7.99. The molecule has 0 spiro atoms. The number of hydrogen-bond acceptors (Lipinski definition) is 5. The molecule has 1 fully saturated rings. The minimum absolute atomic E-state index is 0.0540. The maximum Gasteiger partial charge on any atom is 0.230 e. The van der Waals surface area contributed by atoms with Gasteiger partial charge in [-0.15, -0.1) is 10.2 Å². The number of hydrogen-bond donors (Lipinski definition) is 1. The number of benzene rings is 2. The Bertz CT molecular complexity index is 1000. The summed E-state index contributed by atoms with van der Waals surface area (Å²) in [4.78, 5) is 12.5. The fraction of sp³-hybridized carbons (Fsp3) is 0.375. The Hall–Kier alpha value is -2.80. The molecule has 0 bridgehead atoms. The van der Waals surface area contributed by atoms with Crippen molar-refractivity contribution in [2.45, 2.75) is 56.8 Å². The predicted molar refractivity (Wildman–Crippen MR) is 123 cm³/mol. The summed E-state index contributed by atoms with van der Waals surface area (Å²) in [6.07, 6.45) is 5.83. The van der Waals surface area contributed by atoms with Crippen molar-refractivity contribution in [2.75, 3.05) is 5.75 Å². The summed E-state index contributed by atoms with van der Waals surface area (Å²) in [5.41, 5.74) is 2.10. The Kier molecular flexibility index (Phi) is 7.25. The van der Waals surface area contributed by atoms with Crippen molar-refractivity contribution >= 4 is 17.7 Å². The van der Waals surface area contributed by atoms with Crippen LogP contribution in [0.2, 0.25) is 0 Å². The van der Waals surface area contributed by atoms with E-state index in [0.717, 1.165) is 29.8 Å². The van der Waals surface area contributed by atoms with Crippen molar-refractivity contribution in [1.29, 1.82) is 0 Å². The maximum absolute atomic E-state index is 12.5. The normalized spacial score (nSPS) is 14.4. The van der Waals surface area contributed by atoms with Crippen LogP contribution in [0.25, 0.3) is 5.69 Å². The van der Waals surface area contributed by atoms with Gasteiger partial charge in [0.25, 0.3) is 0 Å². The third kappa shape index (κ3) is 5.67. The standard InChI is InChI=1S/C24H28N4O2S/c1-18-10-8-9-15-21(18)28-22(16-30-20-13-6-3-7-14-20)26-27-24(28)31-17-23(29)25-19-11-4-2-5-12-19/h3,6-10,13-15,19H,2,4-5,11-12,16-17H2,1H3,(H,25,29). The number of carbonyl (C=O) groups is 1. The van der Waals surface area contributed by atoms with Crippen molar-refractivity contribution in [1.82, 2.24) is 20.1 Å². The van der Waals surface area contributed by atoms with Crippen molar-refractivity contribution in [3.63, 3.8) is 0 Å². The quantitative estimate of drug-likeness (QED) is 0.519. The molecular weight excluding hydrogens is 408 g/mol. The monoisotopic (exact) mass is 436 g/mol. The third-order valence-electron chi connectivity index (χ3n) is 5.47. The van der Waals surface area contributed by atoms with Gasteiger partial charge in [0.15, 0.2) is 11.0 Å². The van der Waals surface area contributed by atoms with Crippen molar-refractivity contribution in [2.24, 2.45) is 0 Å². The number of carbonyl (C=O) groups excluding carboxylic acids is 1. The summed E-state index contributed by atoms with van der Waals surface area (Å²) < 4.78 is 7.92. The number of para-hydroxylation sites is 2. The fourth-order valence-corrected chi connectivity index (χ4v) is 4.63. The molecule has 1 aliphatic rings. The number of thioether (sulfide) groups is 1. The first-order valence-corrected chi connectivity index (χ1v) is 11.8. The van der Waals surface area contributed by atoms with Gasteiger partial charge in [-0.25, -0.2) is 0 Å². The first-order chi connectivity index (χ1) is 15.2. The molecule has 3 aromatic rings. The topological polar surface area (TPSA) is 69.0 Å². The zero-order valence-electron chi connectivity index (χ0n) is 17.8. The lowest BCUT2D eigenvalue weighted by molar-refractivity contribution is -0.119. The van der Waals surface area contributed by atoms with Crippen LogP contribution in [-0.4, -0.2) is 32.5 Å². The summed E-state index contributed by atoms with van der Waals surface area (Å²) in [7, 11) is 0. The van der Waals surface area contributed by atoms with Crippen molar-refractivity contribution in [3.8, 4) is 11.4 Å². The molecule has 1 amide bonds. The van der Waals surface area contributed by atoms with E-state index in [1.165, 1.54) is 31.0 Å². The number of nitrogens with zero attached hydrogens (tertiary/aromatic N) is 3. The molecule has 0 saturated heterocycles. The number of aryl methyl sites for hydroxylation is 1. The average molecular weight is 437 g/mol. The van der Waals surface area contributed by atoms with Crippen LogP contribution in [0.5, 0.6) is 5.75 Å². The molecule has 1 saturated carbocycles. The molecule has 2 aromatic carbocycles. The average Bonchev–Trinajstić information content (AvgIpc) is 3.20. The molecule has 1 aromatic heterocycles. The van der Waals surface area contributed by atoms with Gasteiger partial charge in [-0.05, 0) is 43.5 Å². The Labute approximate surface area is 187 Å². The molecule has 1 heterocycles. The van der Waals surface area contributed by atoms with Crippen LogP contribution >= 0.6 is 11.8 Å². The number of ether oxygens (including phenoxy) is 1. The van der Waals surface area contributed by atoms with Gasteiger partial charge < -0.3 is 10.1 Å². The second-order valence-corrected chi connectivity index (χ2v) is 8.76. The molecule has 1 N–H and O–H groups in total. The largest absolute Gasteiger partial charge is 0.486 e. The maximum atomic E-state index is 12.5. The van der Waals surface area contributed by atoms with Gasteiger partial charge in [-0.3, -0.25) is 9.36 Å². The summed E-state index contributed by atoms with van der Waals surface area (Å²) in [6, 6.07) is 18.1. The zero-order valence-corrected chi connectivity index (χ0v) is 18.6. The van der Waals surface area contributed by atoms with Crippen LogP contribution in [-0.2, 0) is 11.4 Å². The van der Waals surface area contributed by atoms with Gasteiger partial charge in [-0.1, -0.05) is 67.4 Å². The first kappa shape index (κ1) is 21.4. The van der Waals surface area contributed by atoms with Crippen molar-refractivity contribution < 1.29 is 9.53 Å². The lowest BCUT2D eigenvalue weighted by Gasteiger charge is -2.22. The summed E-state index contributed by atoms with van der Waals surface area (Å²) in [6.45, 7) is 2.35. The lowest BCUT2D eigenvalue weighted by atomic mass is 9.95. The molecule has 31 heavy (non-hydrogen) atoms. The molecule has 162 valence electrons. The van der Waals surface area contributed by atoms with Crippen LogP contribution in [0.3, 0.4) is 0 Å². The van der Waals surface area contributed by atoms with Crippen molar-refractivity contribution in [3.05, 3.63) is 66.0 Å². The highest BCUT2D eigenvalue weighted by atomic mass is 32.2. The molecule has 0 aliphatic heterocycles. The molecule has 1 aliphatic carbocycles.